The molecule has 0 saturated carbocycles. The third kappa shape index (κ3) is 5.67. The molecular formula is C15H17Cl2N5O. The summed E-state index contributed by atoms with van der Waals surface area (Å²) in [5.41, 5.74) is 0.761. The summed E-state index contributed by atoms with van der Waals surface area (Å²) in [6, 6.07) is 6.42. The fourth-order valence-electron chi connectivity index (χ4n) is 1.81. The molecule has 0 unspecified atom stereocenters. The van der Waals surface area contributed by atoms with Gasteiger partial charge in [-0.25, -0.2) is 9.97 Å². The van der Waals surface area contributed by atoms with E-state index in [1.165, 1.54) is 6.33 Å². The van der Waals surface area contributed by atoms with Gasteiger partial charge in [0.15, 0.2) is 0 Å². The molecule has 0 fully saturated rings. The van der Waals surface area contributed by atoms with Crippen molar-refractivity contribution < 1.29 is 4.79 Å². The number of nitrogens with zero attached hydrogens (tertiary/aromatic N) is 3. The van der Waals surface area contributed by atoms with Crippen LogP contribution in [0.1, 0.15) is 10.5 Å². The molecule has 0 aliphatic rings. The number of anilines is 2. The molecular weight excluding hydrogens is 337 g/mol. The first-order valence-corrected chi connectivity index (χ1v) is 7.68. The van der Waals surface area contributed by atoms with Crippen molar-refractivity contribution in [3.05, 3.63) is 46.3 Å². The Bertz CT molecular complexity index is 673. The lowest BCUT2D eigenvalue weighted by Crippen LogP contribution is -2.21. The van der Waals surface area contributed by atoms with Gasteiger partial charge in [-0.05, 0) is 32.3 Å². The van der Waals surface area contributed by atoms with E-state index in [2.05, 4.69) is 20.6 Å². The first-order valence-electron chi connectivity index (χ1n) is 6.92. The summed E-state index contributed by atoms with van der Waals surface area (Å²) in [6.07, 6.45) is 1.35. The van der Waals surface area contributed by atoms with Gasteiger partial charge in [-0.15, -0.1) is 0 Å². The maximum atomic E-state index is 12.2. The molecule has 122 valence electrons. The van der Waals surface area contributed by atoms with Gasteiger partial charge in [0.2, 0.25) is 0 Å². The predicted molar refractivity (Wildman–Crippen MR) is 93.5 cm³/mol. The zero-order chi connectivity index (χ0) is 16.8. The molecule has 0 radical (unpaired) electrons. The van der Waals surface area contributed by atoms with Crippen molar-refractivity contribution in [1.82, 2.24) is 14.9 Å². The van der Waals surface area contributed by atoms with Gasteiger partial charge in [0.05, 0.1) is 0 Å². The minimum atomic E-state index is -0.360. The number of carbonyl (C=O) groups excluding carboxylic acids is 1. The second kappa shape index (κ2) is 8.10. The molecule has 0 aliphatic heterocycles. The number of amides is 1. The normalized spacial score (nSPS) is 10.7. The van der Waals surface area contributed by atoms with Crippen LogP contribution in [0.4, 0.5) is 11.5 Å². The van der Waals surface area contributed by atoms with Crippen LogP contribution in [0.2, 0.25) is 10.0 Å². The van der Waals surface area contributed by atoms with Crippen LogP contribution < -0.4 is 10.6 Å². The van der Waals surface area contributed by atoms with Crippen molar-refractivity contribution in [2.75, 3.05) is 37.8 Å². The Morgan fingerprint density at radius 1 is 1.13 bits per heavy atom. The number of benzene rings is 1. The third-order valence-corrected chi connectivity index (χ3v) is 3.32. The van der Waals surface area contributed by atoms with Gasteiger partial charge in [0, 0.05) is 34.9 Å². The Balaban J connectivity index is 2.04. The van der Waals surface area contributed by atoms with Gasteiger partial charge >= 0.3 is 0 Å². The van der Waals surface area contributed by atoms with Crippen LogP contribution in [-0.2, 0) is 0 Å². The van der Waals surface area contributed by atoms with E-state index in [0.717, 1.165) is 13.1 Å². The molecule has 0 saturated heterocycles. The summed E-state index contributed by atoms with van der Waals surface area (Å²) >= 11 is 11.8. The lowest BCUT2D eigenvalue weighted by Gasteiger charge is -2.11. The number of carbonyl (C=O) groups is 1. The van der Waals surface area contributed by atoms with E-state index in [1.807, 2.05) is 19.0 Å². The second-order valence-corrected chi connectivity index (χ2v) is 6.00. The highest BCUT2D eigenvalue weighted by molar-refractivity contribution is 6.35. The minimum absolute atomic E-state index is 0.253. The highest BCUT2D eigenvalue weighted by atomic mass is 35.5. The van der Waals surface area contributed by atoms with Gasteiger partial charge in [-0.2, -0.15) is 0 Å². The first-order chi connectivity index (χ1) is 10.9. The van der Waals surface area contributed by atoms with Crippen molar-refractivity contribution in [3.8, 4) is 0 Å². The Kier molecular flexibility index (Phi) is 6.15. The molecule has 0 atom stereocenters. The molecule has 23 heavy (non-hydrogen) atoms. The average Bonchev–Trinajstić information content (AvgIpc) is 2.46. The van der Waals surface area contributed by atoms with Gasteiger partial charge in [-0.3, -0.25) is 4.79 Å². The van der Waals surface area contributed by atoms with Crippen LogP contribution in [0.25, 0.3) is 0 Å². The van der Waals surface area contributed by atoms with Gasteiger partial charge in [-0.1, -0.05) is 23.2 Å². The summed E-state index contributed by atoms with van der Waals surface area (Å²) in [6.45, 7) is 1.57. The number of likely N-dealkylation sites (N-methyl/N-ethyl adjacent to an activating group) is 1. The molecule has 1 aromatic carbocycles. The van der Waals surface area contributed by atoms with Crippen LogP contribution in [0.15, 0.2) is 30.6 Å². The zero-order valence-corrected chi connectivity index (χ0v) is 14.3. The average molecular weight is 354 g/mol. The molecule has 1 aromatic heterocycles. The van der Waals surface area contributed by atoms with E-state index in [4.69, 9.17) is 23.2 Å². The van der Waals surface area contributed by atoms with Crippen LogP contribution in [0.5, 0.6) is 0 Å². The SMILES string of the molecule is CN(C)CCNc1cc(C(=O)Nc2cc(Cl)cc(Cl)c2)ncn1. The number of hydrogen-bond donors (Lipinski definition) is 2. The molecule has 0 spiro atoms. The topological polar surface area (TPSA) is 70.2 Å². The summed E-state index contributed by atoms with van der Waals surface area (Å²) in [5.74, 6) is 0.234. The molecule has 8 heteroatoms. The van der Waals surface area contributed by atoms with Gasteiger partial charge in [0.1, 0.15) is 17.8 Å². The number of nitrogens with one attached hydrogen (secondary N) is 2. The zero-order valence-electron chi connectivity index (χ0n) is 12.8. The van der Waals surface area contributed by atoms with E-state index >= 15 is 0 Å². The Morgan fingerprint density at radius 3 is 2.48 bits per heavy atom. The molecule has 6 nitrogen and oxygen atoms in total. The Hall–Kier alpha value is -1.89. The fraction of sp³-hybridized carbons (Fsp3) is 0.267. The highest BCUT2D eigenvalue weighted by Gasteiger charge is 2.10. The summed E-state index contributed by atoms with van der Waals surface area (Å²) in [7, 11) is 3.97. The fourth-order valence-corrected chi connectivity index (χ4v) is 2.33. The van der Waals surface area contributed by atoms with Crippen molar-refractivity contribution in [3.63, 3.8) is 0 Å². The van der Waals surface area contributed by atoms with Crippen molar-refractivity contribution in [1.29, 1.82) is 0 Å². The van der Waals surface area contributed by atoms with E-state index in [1.54, 1.807) is 24.3 Å². The molecule has 2 rings (SSSR count). The maximum Gasteiger partial charge on any atom is 0.274 e. The number of halogens is 2. The highest BCUT2D eigenvalue weighted by Crippen LogP contribution is 2.22. The van der Waals surface area contributed by atoms with Crippen molar-refractivity contribution >= 4 is 40.6 Å². The lowest BCUT2D eigenvalue weighted by atomic mass is 10.3. The Morgan fingerprint density at radius 2 is 1.83 bits per heavy atom. The first kappa shape index (κ1) is 17.5. The van der Waals surface area contributed by atoms with Crippen LogP contribution >= 0.6 is 23.2 Å². The number of aromatic nitrogens is 2. The number of rotatable bonds is 6. The largest absolute Gasteiger partial charge is 0.369 e. The Labute approximate surface area is 144 Å². The van der Waals surface area contributed by atoms with Gasteiger partial charge in [0.25, 0.3) is 5.91 Å². The smallest absolute Gasteiger partial charge is 0.274 e. The molecule has 0 bridgehead atoms. The lowest BCUT2D eigenvalue weighted by molar-refractivity contribution is 0.102. The molecule has 2 N–H and O–H groups in total. The van der Waals surface area contributed by atoms with Crippen molar-refractivity contribution in [2.24, 2.45) is 0 Å². The predicted octanol–water partition coefficient (Wildman–Crippen LogP) is 3.01. The quantitative estimate of drug-likeness (QED) is 0.835. The summed E-state index contributed by atoms with van der Waals surface area (Å²) in [4.78, 5) is 22.4. The summed E-state index contributed by atoms with van der Waals surface area (Å²) in [5, 5.41) is 6.74. The van der Waals surface area contributed by atoms with E-state index in [-0.39, 0.29) is 11.6 Å². The standard InChI is InChI=1S/C15H17Cl2N5O/c1-22(2)4-3-18-14-8-13(19-9-20-14)15(23)21-12-6-10(16)5-11(17)7-12/h5-9H,3-4H2,1-2H3,(H,21,23)(H,18,19,20). The van der Waals surface area contributed by atoms with Crippen LogP contribution in [0, 0.1) is 0 Å². The molecule has 1 heterocycles. The second-order valence-electron chi connectivity index (χ2n) is 5.13. The third-order valence-electron chi connectivity index (χ3n) is 2.89. The van der Waals surface area contributed by atoms with E-state index in [0.29, 0.717) is 21.6 Å². The van der Waals surface area contributed by atoms with Gasteiger partial charge < -0.3 is 15.5 Å². The maximum absolute atomic E-state index is 12.2. The molecule has 2 aromatic rings. The molecule has 1 amide bonds. The van der Waals surface area contributed by atoms with Crippen LogP contribution in [-0.4, -0.2) is 48.0 Å². The molecule has 0 aliphatic carbocycles. The minimum Gasteiger partial charge on any atom is -0.369 e. The van der Waals surface area contributed by atoms with E-state index < -0.39 is 0 Å². The monoisotopic (exact) mass is 353 g/mol. The number of hydrogen-bond acceptors (Lipinski definition) is 5. The summed E-state index contributed by atoms with van der Waals surface area (Å²) < 4.78 is 0. The van der Waals surface area contributed by atoms with Crippen LogP contribution in [0.3, 0.4) is 0 Å². The van der Waals surface area contributed by atoms with E-state index in [9.17, 15) is 4.79 Å². The van der Waals surface area contributed by atoms with Crippen molar-refractivity contribution in [2.45, 2.75) is 0 Å².